The second-order valence-corrected chi connectivity index (χ2v) is 3.63. The van der Waals surface area contributed by atoms with Crippen LogP contribution in [-0.2, 0) is 16.0 Å². The van der Waals surface area contributed by atoms with E-state index in [4.69, 9.17) is 0 Å². The van der Waals surface area contributed by atoms with Crippen molar-refractivity contribution in [3.8, 4) is 11.6 Å². The number of alkyl halides is 5. The van der Waals surface area contributed by atoms with Crippen LogP contribution >= 0.6 is 0 Å². The summed E-state index contributed by atoms with van der Waals surface area (Å²) in [6.45, 7) is 0. The average Bonchev–Trinajstić information content (AvgIpc) is 2.35. The number of aromatic nitrogens is 1. The molecule has 0 fully saturated rings. The molecule has 0 amide bonds. The first-order valence-corrected chi connectivity index (χ1v) is 5.36. The lowest BCUT2D eigenvalue weighted by molar-refractivity contribution is -0.276. The number of esters is 1. The predicted octanol–water partition coefficient (Wildman–Crippen LogP) is 2.64. The SMILES string of the molecule is COC(=O)Cc1nc(OC(F)(F)F)cc(C(F)F)c1OC. The smallest absolute Gasteiger partial charge is 0.494 e. The van der Waals surface area contributed by atoms with Crippen LogP contribution in [0.15, 0.2) is 6.07 Å². The zero-order valence-electron chi connectivity index (χ0n) is 10.8. The second kappa shape index (κ2) is 6.55. The predicted molar refractivity (Wildman–Crippen MR) is 58.1 cm³/mol. The van der Waals surface area contributed by atoms with Crippen LogP contribution in [-0.4, -0.2) is 31.5 Å². The van der Waals surface area contributed by atoms with Crippen LogP contribution < -0.4 is 9.47 Å². The molecule has 21 heavy (non-hydrogen) atoms. The van der Waals surface area contributed by atoms with Gasteiger partial charge in [-0.05, 0) is 0 Å². The van der Waals surface area contributed by atoms with Crippen molar-refractivity contribution in [2.45, 2.75) is 19.2 Å². The highest BCUT2D eigenvalue weighted by molar-refractivity contribution is 5.73. The van der Waals surface area contributed by atoms with Crippen molar-refractivity contribution < 1.29 is 41.0 Å². The molecule has 118 valence electrons. The molecule has 0 spiro atoms. The molecule has 5 nitrogen and oxygen atoms in total. The van der Waals surface area contributed by atoms with Crippen molar-refractivity contribution in [2.24, 2.45) is 0 Å². The van der Waals surface area contributed by atoms with Gasteiger partial charge in [-0.15, -0.1) is 13.2 Å². The molecular formula is C11H10F5NO4. The van der Waals surface area contributed by atoms with Crippen LogP contribution in [0.3, 0.4) is 0 Å². The maximum atomic E-state index is 12.9. The van der Waals surface area contributed by atoms with Crippen LogP contribution in [0.2, 0.25) is 0 Å². The van der Waals surface area contributed by atoms with Crippen molar-refractivity contribution in [3.05, 3.63) is 17.3 Å². The zero-order chi connectivity index (χ0) is 16.2. The average molecular weight is 315 g/mol. The fourth-order valence-electron chi connectivity index (χ4n) is 1.48. The van der Waals surface area contributed by atoms with Crippen LogP contribution in [0.25, 0.3) is 0 Å². The molecule has 1 aromatic heterocycles. The Kier molecular flexibility index (Phi) is 5.28. The Hall–Kier alpha value is -2.13. The van der Waals surface area contributed by atoms with Crippen LogP contribution in [0, 0.1) is 0 Å². The molecule has 1 aromatic rings. The molecule has 0 unspecified atom stereocenters. The first-order chi connectivity index (χ1) is 9.67. The summed E-state index contributed by atoms with van der Waals surface area (Å²) in [5, 5.41) is 0. The molecule has 1 heterocycles. The van der Waals surface area contributed by atoms with Crippen molar-refractivity contribution in [1.29, 1.82) is 0 Å². The molecule has 0 saturated carbocycles. The van der Waals surface area contributed by atoms with E-state index in [1.165, 1.54) is 0 Å². The molecule has 1 rings (SSSR count). The quantitative estimate of drug-likeness (QED) is 0.617. The molecule has 10 heteroatoms. The number of pyridine rings is 1. The van der Waals surface area contributed by atoms with Gasteiger partial charge in [0.2, 0.25) is 5.88 Å². The number of carbonyl (C=O) groups is 1. The molecule has 0 radical (unpaired) electrons. The number of halogens is 5. The Balaban J connectivity index is 3.33. The van der Waals surface area contributed by atoms with E-state index in [1.807, 2.05) is 0 Å². The van der Waals surface area contributed by atoms with Gasteiger partial charge in [-0.3, -0.25) is 4.79 Å². The molecule has 0 aliphatic rings. The largest absolute Gasteiger partial charge is 0.574 e. The van der Waals surface area contributed by atoms with Gasteiger partial charge in [0.15, 0.2) is 0 Å². The highest BCUT2D eigenvalue weighted by atomic mass is 19.4. The van der Waals surface area contributed by atoms with E-state index in [2.05, 4.69) is 19.2 Å². The lowest BCUT2D eigenvalue weighted by atomic mass is 10.1. The van der Waals surface area contributed by atoms with E-state index in [0.29, 0.717) is 6.07 Å². The van der Waals surface area contributed by atoms with Gasteiger partial charge in [0.25, 0.3) is 6.43 Å². The van der Waals surface area contributed by atoms with Gasteiger partial charge in [-0.25, -0.2) is 13.8 Å². The molecule has 0 aromatic carbocycles. The first kappa shape index (κ1) is 16.9. The summed E-state index contributed by atoms with van der Waals surface area (Å²) in [7, 11) is 2.05. The maximum absolute atomic E-state index is 12.9. The molecule has 0 saturated heterocycles. The van der Waals surface area contributed by atoms with E-state index >= 15 is 0 Å². The Morgan fingerprint density at radius 2 is 1.95 bits per heavy atom. The maximum Gasteiger partial charge on any atom is 0.574 e. The van der Waals surface area contributed by atoms with Gasteiger partial charge in [0, 0.05) is 6.07 Å². The van der Waals surface area contributed by atoms with Gasteiger partial charge in [0.1, 0.15) is 5.75 Å². The summed E-state index contributed by atoms with van der Waals surface area (Å²) >= 11 is 0. The normalized spacial score (nSPS) is 11.4. The molecule has 0 atom stereocenters. The van der Waals surface area contributed by atoms with Gasteiger partial charge in [0.05, 0.1) is 31.9 Å². The minimum absolute atomic E-state index is 0.401. The van der Waals surface area contributed by atoms with Gasteiger partial charge in [-0.2, -0.15) is 0 Å². The lowest BCUT2D eigenvalue weighted by Gasteiger charge is -2.15. The lowest BCUT2D eigenvalue weighted by Crippen LogP contribution is -2.19. The molecular weight excluding hydrogens is 305 g/mol. The summed E-state index contributed by atoms with van der Waals surface area (Å²) in [5.74, 6) is -2.49. The third-order valence-corrected chi connectivity index (χ3v) is 2.25. The summed E-state index contributed by atoms with van der Waals surface area (Å²) in [6, 6.07) is 0.401. The Morgan fingerprint density at radius 1 is 1.33 bits per heavy atom. The second-order valence-electron chi connectivity index (χ2n) is 3.63. The topological polar surface area (TPSA) is 57.7 Å². The highest BCUT2D eigenvalue weighted by Crippen LogP contribution is 2.35. The van der Waals surface area contributed by atoms with Gasteiger partial charge in [-0.1, -0.05) is 0 Å². The number of hydrogen-bond acceptors (Lipinski definition) is 5. The number of nitrogens with zero attached hydrogens (tertiary/aromatic N) is 1. The van der Waals surface area contributed by atoms with E-state index in [1.54, 1.807) is 0 Å². The fourth-order valence-corrected chi connectivity index (χ4v) is 1.48. The van der Waals surface area contributed by atoms with E-state index in [9.17, 15) is 26.7 Å². The van der Waals surface area contributed by atoms with Crippen LogP contribution in [0.4, 0.5) is 22.0 Å². The minimum Gasteiger partial charge on any atom is -0.494 e. The van der Waals surface area contributed by atoms with Gasteiger partial charge < -0.3 is 14.2 Å². The number of rotatable bonds is 5. The van der Waals surface area contributed by atoms with Crippen LogP contribution in [0.1, 0.15) is 17.7 Å². The third-order valence-electron chi connectivity index (χ3n) is 2.25. The Morgan fingerprint density at radius 3 is 2.38 bits per heavy atom. The van der Waals surface area contributed by atoms with E-state index in [-0.39, 0.29) is 0 Å². The summed E-state index contributed by atoms with van der Waals surface area (Å²) < 4.78 is 74.7. The Bertz CT molecular complexity index is 518. The highest BCUT2D eigenvalue weighted by Gasteiger charge is 2.33. The van der Waals surface area contributed by atoms with Crippen molar-refractivity contribution >= 4 is 5.97 Å². The summed E-state index contributed by atoms with van der Waals surface area (Å²) in [4.78, 5) is 14.5. The number of hydrogen-bond donors (Lipinski definition) is 0. The summed E-state index contributed by atoms with van der Waals surface area (Å²) in [6.07, 6.45) is -8.90. The standard InChI is InChI=1S/C11H10F5NO4/c1-19-8(18)4-6-9(20-2)5(10(12)13)3-7(17-6)21-11(14,15)16/h3,10H,4H2,1-2H3. The molecule has 0 aliphatic heterocycles. The van der Waals surface area contributed by atoms with Crippen molar-refractivity contribution in [3.63, 3.8) is 0 Å². The van der Waals surface area contributed by atoms with E-state index < -0.39 is 48.1 Å². The van der Waals surface area contributed by atoms with Gasteiger partial charge >= 0.3 is 12.3 Å². The number of ether oxygens (including phenoxy) is 3. The minimum atomic E-state index is -5.11. The number of methoxy groups -OCH3 is 2. The third kappa shape index (κ3) is 4.72. The summed E-state index contributed by atoms with van der Waals surface area (Å²) in [5.41, 5.74) is -1.31. The monoisotopic (exact) mass is 315 g/mol. The van der Waals surface area contributed by atoms with E-state index in [0.717, 1.165) is 14.2 Å². The molecule has 0 N–H and O–H groups in total. The van der Waals surface area contributed by atoms with Crippen molar-refractivity contribution in [1.82, 2.24) is 4.98 Å². The number of carbonyl (C=O) groups excluding carboxylic acids is 1. The fraction of sp³-hybridized carbons (Fsp3) is 0.455. The molecule has 0 aliphatic carbocycles. The Labute approximate surface area is 115 Å². The molecule has 0 bridgehead atoms. The van der Waals surface area contributed by atoms with Crippen LogP contribution in [0.5, 0.6) is 11.6 Å². The first-order valence-electron chi connectivity index (χ1n) is 5.36. The van der Waals surface area contributed by atoms with Crippen molar-refractivity contribution in [2.75, 3.05) is 14.2 Å². The zero-order valence-corrected chi connectivity index (χ0v) is 10.8.